The summed E-state index contributed by atoms with van der Waals surface area (Å²) in [5, 5.41) is 7.06. The first-order chi connectivity index (χ1) is 15.6. The van der Waals surface area contributed by atoms with Crippen LogP contribution in [-0.2, 0) is 16.8 Å². The van der Waals surface area contributed by atoms with Gasteiger partial charge in [0, 0.05) is 12.4 Å². The minimum absolute atomic E-state index is 0. The number of hydrogen-bond acceptors (Lipinski definition) is 14. The second-order valence-electron chi connectivity index (χ2n) is 4.73. The van der Waals surface area contributed by atoms with Crippen LogP contribution in [0.25, 0.3) is 0 Å². The maximum absolute atomic E-state index is 10.2. The van der Waals surface area contributed by atoms with Crippen molar-refractivity contribution in [3.05, 3.63) is 60.2 Å². The minimum Gasteiger partial charge on any atom is -0.412 e. The molecule has 2 heterocycles. The van der Waals surface area contributed by atoms with E-state index in [0.29, 0.717) is 11.4 Å². The van der Waals surface area contributed by atoms with Crippen molar-refractivity contribution in [2.24, 2.45) is 21.7 Å². The molecular formula is C14H18Cl2CoN8O11. The zero-order valence-corrected chi connectivity index (χ0v) is 19.9. The zero-order chi connectivity index (χ0) is 26.6. The molecule has 1 radical (unpaired) electrons. The van der Waals surface area contributed by atoms with Crippen LogP contribution in [0.4, 0.5) is 9.59 Å². The number of hydrazone groups is 2. The molecule has 0 aromatic carbocycles. The molecular weight excluding hydrogens is 586 g/mol. The molecule has 203 valence electrons. The number of nitrogens with one attached hydrogen (secondary N) is 2. The largest absolute Gasteiger partial charge is 2.00 e. The Morgan fingerprint density at radius 3 is 1.19 bits per heavy atom. The SMILES string of the molecule is NC(=O)N/N=C/c1ccccn1.NC(=O)N/N=C/c1ccccn1.O.[Co+2].[O-][Cl+3]([O-])([O-])[O-].[O-][Cl+3]([O-])([O-])[O-]. The maximum atomic E-state index is 10.2. The summed E-state index contributed by atoms with van der Waals surface area (Å²) in [6, 6.07) is 9.34. The van der Waals surface area contributed by atoms with Gasteiger partial charge in [-0.3, -0.25) is 9.97 Å². The van der Waals surface area contributed by atoms with Crippen LogP contribution in [0, 0.1) is 20.5 Å². The molecule has 36 heavy (non-hydrogen) atoms. The molecule has 0 aliphatic rings. The molecule has 2 aromatic heterocycles. The molecule has 0 saturated heterocycles. The van der Waals surface area contributed by atoms with Gasteiger partial charge in [0.2, 0.25) is 0 Å². The van der Waals surface area contributed by atoms with E-state index in [0.717, 1.165) is 0 Å². The fraction of sp³-hybridized carbons (Fsp3) is 0. The van der Waals surface area contributed by atoms with Crippen LogP contribution in [0.1, 0.15) is 11.4 Å². The summed E-state index contributed by atoms with van der Waals surface area (Å²) in [6.45, 7) is 0. The predicted octanol–water partition coefficient (Wildman–Crippen LogP) is -10.2. The van der Waals surface area contributed by atoms with Gasteiger partial charge in [-0.1, -0.05) is 12.1 Å². The maximum Gasteiger partial charge on any atom is 2.00 e. The van der Waals surface area contributed by atoms with Gasteiger partial charge in [0.1, 0.15) is 0 Å². The molecule has 19 nitrogen and oxygen atoms in total. The summed E-state index contributed by atoms with van der Waals surface area (Å²) in [7, 11) is -9.89. The van der Waals surface area contributed by atoms with Crippen LogP contribution in [0.2, 0.25) is 0 Å². The fourth-order valence-corrected chi connectivity index (χ4v) is 1.23. The summed E-state index contributed by atoms with van der Waals surface area (Å²) in [4.78, 5) is 28.2. The summed E-state index contributed by atoms with van der Waals surface area (Å²) in [5.41, 5.74) is 15.0. The van der Waals surface area contributed by atoms with Gasteiger partial charge in [0.25, 0.3) is 0 Å². The van der Waals surface area contributed by atoms with Crippen molar-refractivity contribution in [3.63, 3.8) is 0 Å². The molecule has 0 atom stereocenters. The summed E-state index contributed by atoms with van der Waals surface area (Å²) in [6.07, 6.45) is 6.08. The number of carbonyl (C=O) groups is 2. The van der Waals surface area contributed by atoms with E-state index in [9.17, 15) is 9.59 Å². The smallest absolute Gasteiger partial charge is 0.412 e. The fourth-order valence-electron chi connectivity index (χ4n) is 1.23. The number of nitrogens with two attached hydrogens (primary N) is 2. The Hall–Kier alpha value is -3.09. The number of carbonyl (C=O) groups excluding carboxylic acids is 2. The van der Waals surface area contributed by atoms with Crippen LogP contribution in [-0.4, -0.2) is 39.9 Å². The van der Waals surface area contributed by atoms with Gasteiger partial charge in [-0.25, -0.2) is 57.7 Å². The first-order valence-corrected chi connectivity index (χ1v) is 10.3. The number of rotatable bonds is 4. The Bertz CT molecular complexity index is 802. The van der Waals surface area contributed by atoms with Gasteiger partial charge >= 0.3 is 28.8 Å². The number of halogens is 2. The Balaban J connectivity index is -0.000000201. The van der Waals surface area contributed by atoms with Gasteiger partial charge in [-0.15, -0.1) is 20.5 Å². The van der Waals surface area contributed by atoms with Crippen LogP contribution in [0.15, 0.2) is 59.0 Å². The number of nitrogens with zero attached hydrogens (tertiary/aromatic N) is 4. The number of amides is 4. The number of hydrogen-bond donors (Lipinski definition) is 4. The molecule has 4 amide bonds. The average molecular weight is 604 g/mol. The van der Waals surface area contributed by atoms with Crippen molar-refractivity contribution in [2.45, 2.75) is 0 Å². The van der Waals surface area contributed by atoms with Crippen molar-refractivity contribution >= 4 is 24.5 Å². The third-order valence-electron chi connectivity index (χ3n) is 2.12. The van der Waals surface area contributed by atoms with E-state index >= 15 is 0 Å². The standard InChI is InChI=1S/2C7H8N4O.2ClHO4.Co.H2O/c2*8-7(12)11-10-5-6-3-1-2-4-9-6;2*2-1(3,4)5;;/h2*1-5H,(H3,8,11,12);2*(H,2,3,4,5);;1H2/q;;;;+2;/p-2/b2*10-5+;;;;. The first kappa shape index (κ1) is 40.1. The Labute approximate surface area is 216 Å². The molecule has 0 unspecified atom stereocenters. The van der Waals surface area contributed by atoms with E-state index in [1.807, 2.05) is 12.1 Å². The molecule has 0 spiro atoms. The second-order valence-corrected chi connectivity index (χ2v) is 6.25. The van der Waals surface area contributed by atoms with Gasteiger partial charge < -0.3 is 16.9 Å². The van der Waals surface area contributed by atoms with Crippen LogP contribution < -0.4 is 59.6 Å². The second kappa shape index (κ2) is 22.4. The van der Waals surface area contributed by atoms with E-state index in [1.54, 1.807) is 36.7 Å². The third kappa shape index (κ3) is 44.6. The summed E-state index contributed by atoms with van der Waals surface area (Å²) >= 11 is 0. The van der Waals surface area contributed by atoms with Crippen molar-refractivity contribution in [2.75, 3.05) is 0 Å². The molecule has 8 N–H and O–H groups in total. The van der Waals surface area contributed by atoms with E-state index < -0.39 is 32.5 Å². The molecule has 0 bridgehead atoms. The zero-order valence-electron chi connectivity index (χ0n) is 17.4. The topological polar surface area (TPSA) is 377 Å². The molecule has 0 saturated carbocycles. The van der Waals surface area contributed by atoms with Crippen molar-refractivity contribution in [1.82, 2.24) is 20.8 Å². The number of urea groups is 2. The number of aromatic nitrogens is 2. The van der Waals surface area contributed by atoms with Crippen molar-refractivity contribution in [1.29, 1.82) is 0 Å². The molecule has 0 aliphatic carbocycles. The molecule has 0 fully saturated rings. The minimum atomic E-state index is -4.94. The van der Waals surface area contributed by atoms with E-state index in [1.165, 1.54) is 12.4 Å². The van der Waals surface area contributed by atoms with Crippen LogP contribution in [0.3, 0.4) is 0 Å². The Morgan fingerprint density at radius 2 is 1.00 bits per heavy atom. The van der Waals surface area contributed by atoms with Crippen molar-refractivity contribution in [3.8, 4) is 0 Å². The Kier molecular flexibility index (Phi) is 24.9. The molecule has 2 aromatic rings. The molecule has 2 rings (SSSR count). The van der Waals surface area contributed by atoms with Crippen LogP contribution in [0.5, 0.6) is 0 Å². The summed E-state index contributed by atoms with van der Waals surface area (Å²) in [5.74, 6) is 0. The quantitative estimate of drug-likeness (QED) is 0.187. The van der Waals surface area contributed by atoms with E-state index in [-0.39, 0.29) is 22.3 Å². The molecule has 22 heteroatoms. The Morgan fingerprint density at radius 1 is 0.722 bits per heavy atom. The van der Waals surface area contributed by atoms with Gasteiger partial charge in [-0.05, 0) is 24.3 Å². The van der Waals surface area contributed by atoms with Gasteiger partial charge in [0.15, 0.2) is 0 Å². The monoisotopic (exact) mass is 603 g/mol. The summed E-state index contributed by atoms with van der Waals surface area (Å²) < 4.78 is 67.9. The van der Waals surface area contributed by atoms with E-state index in [2.05, 4.69) is 31.0 Å². The normalized spacial score (nSPS) is 10.0. The van der Waals surface area contributed by atoms with Crippen LogP contribution >= 0.6 is 0 Å². The van der Waals surface area contributed by atoms with Crippen molar-refractivity contribution < 1.29 is 89.6 Å². The third-order valence-corrected chi connectivity index (χ3v) is 2.12. The molecule has 0 aliphatic heterocycles. The average Bonchev–Trinajstić information content (AvgIpc) is 2.67. The van der Waals surface area contributed by atoms with E-state index in [4.69, 9.17) is 48.7 Å². The number of pyridine rings is 2. The number of primary amides is 2. The first-order valence-electron chi connectivity index (χ1n) is 7.80. The van der Waals surface area contributed by atoms with Gasteiger partial charge in [0.05, 0.1) is 23.8 Å². The van der Waals surface area contributed by atoms with Gasteiger partial charge in [-0.2, -0.15) is 10.2 Å². The predicted molar refractivity (Wildman–Crippen MR) is 92.7 cm³/mol.